The van der Waals surface area contributed by atoms with Crippen LogP contribution in [0.5, 0.6) is 0 Å². The van der Waals surface area contributed by atoms with E-state index in [1.165, 1.54) is 7.11 Å². The average molecular weight is 305 g/mol. The first kappa shape index (κ1) is 16.3. The van der Waals surface area contributed by atoms with Crippen molar-refractivity contribution in [2.24, 2.45) is 0 Å². The molecule has 1 aromatic carbocycles. The Bertz CT molecular complexity index is 577. The van der Waals surface area contributed by atoms with Gasteiger partial charge in [0.25, 0.3) is 0 Å². The molecule has 1 aromatic rings. The first-order valence-corrected chi connectivity index (χ1v) is 7.15. The fraction of sp³-hybridized carbons (Fsp3) is 0.364. The summed E-state index contributed by atoms with van der Waals surface area (Å²) in [5, 5.41) is 2.44. The van der Waals surface area contributed by atoms with E-state index in [1.54, 1.807) is 0 Å². The fourth-order valence-electron chi connectivity index (χ4n) is 1.27. The Morgan fingerprint density at radius 3 is 2.75 bits per heavy atom. The zero-order valence-electron chi connectivity index (χ0n) is 10.8. The molecule has 0 saturated carbocycles. The number of amides is 1. The summed E-state index contributed by atoms with van der Waals surface area (Å²) in [6.07, 6.45) is 0. The van der Waals surface area contributed by atoms with Crippen LogP contribution in [-0.2, 0) is 19.6 Å². The molecule has 0 saturated heterocycles. The van der Waals surface area contributed by atoms with Crippen molar-refractivity contribution in [1.29, 1.82) is 0 Å². The number of anilines is 1. The van der Waals surface area contributed by atoms with Gasteiger partial charge in [0.15, 0.2) is 0 Å². The summed E-state index contributed by atoms with van der Waals surface area (Å²) < 4.78 is 43.6. The number of carbonyl (C=O) groups excluding carboxylic acids is 1. The lowest BCUT2D eigenvalue weighted by Gasteiger charge is -2.08. The number of ether oxygens (including phenoxy) is 1. The highest BCUT2D eigenvalue weighted by Gasteiger charge is 2.16. The predicted molar refractivity (Wildman–Crippen MR) is 70.9 cm³/mol. The second-order valence-electron chi connectivity index (χ2n) is 3.85. The first-order valence-electron chi connectivity index (χ1n) is 5.67. The van der Waals surface area contributed by atoms with E-state index >= 15 is 0 Å². The van der Waals surface area contributed by atoms with Crippen molar-refractivity contribution in [3.63, 3.8) is 0 Å². The standard InChI is InChI=1S/C11H16FN3O4S/c1-19-5-4-14-11(16)7-15-20(17,18)8-2-3-10(13)9(12)6-8/h2-3,6,15H,4-5,7,13H2,1H3,(H,14,16). The van der Waals surface area contributed by atoms with Crippen molar-refractivity contribution in [3.8, 4) is 0 Å². The van der Waals surface area contributed by atoms with Crippen LogP contribution in [0.2, 0.25) is 0 Å². The lowest BCUT2D eigenvalue weighted by atomic mass is 10.3. The molecule has 0 aliphatic rings. The molecule has 4 N–H and O–H groups in total. The van der Waals surface area contributed by atoms with E-state index in [-0.39, 0.29) is 17.1 Å². The van der Waals surface area contributed by atoms with E-state index in [0.717, 1.165) is 18.2 Å². The first-order chi connectivity index (χ1) is 9.36. The Balaban J connectivity index is 2.61. The van der Waals surface area contributed by atoms with Gasteiger partial charge in [0, 0.05) is 13.7 Å². The molecule has 1 rings (SSSR count). The zero-order valence-corrected chi connectivity index (χ0v) is 11.7. The highest BCUT2D eigenvalue weighted by molar-refractivity contribution is 7.89. The van der Waals surface area contributed by atoms with E-state index in [0.29, 0.717) is 6.61 Å². The number of hydrogen-bond acceptors (Lipinski definition) is 5. The van der Waals surface area contributed by atoms with Gasteiger partial charge in [-0.2, -0.15) is 0 Å². The average Bonchev–Trinajstić information content (AvgIpc) is 2.40. The van der Waals surface area contributed by atoms with E-state index in [1.807, 2.05) is 0 Å². The molecular weight excluding hydrogens is 289 g/mol. The van der Waals surface area contributed by atoms with Gasteiger partial charge in [0.05, 0.1) is 23.7 Å². The minimum Gasteiger partial charge on any atom is -0.396 e. The maximum atomic E-state index is 13.2. The van der Waals surface area contributed by atoms with Crippen LogP contribution in [0.3, 0.4) is 0 Å². The Morgan fingerprint density at radius 2 is 2.15 bits per heavy atom. The Labute approximate surface area is 116 Å². The second-order valence-corrected chi connectivity index (χ2v) is 5.62. The molecule has 1 amide bonds. The maximum Gasteiger partial charge on any atom is 0.241 e. The molecular formula is C11H16FN3O4S. The smallest absolute Gasteiger partial charge is 0.241 e. The number of halogens is 1. The minimum atomic E-state index is -3.96. The largest absolute Gasteiger partial charge is 0.396 e. The summed E-state index contributed by atoms with van der Waals surface area (Å²) in [6, 6.07) is 3.09. The number of sulfonamides is 1. The minimum absolute atomic E-state index is 0.152. The van der Waals surface area contributed by atoms with Crippen molar-refractivity contribution in [2.45, 2.75) is 4.90 Å². The summed E-state index contributed by atoms with van der Waals surface area (Å²) in [6.45, 7) is 0.146. The normalized spacial score (nSPS) is 11.3. The maximum absolute atomic E-state index is 13.2. The quantitative estimate of drug-likeness (QED) is 0.462. The van der Waals surface area contributed by atoms with Crippen molar-refractivity contribution in [2.75, 3.05) is 32.5 Å². The molecule has 0 bridgehead atoms. The number of nitrogen functional groups attached to an aromatic ring is 1. The van der Waals surface area contributed by atoms with Crippen LogP contribution in [0, 0.1) is 5.82 Å². The third-order valence-corrected chi connectivity index (χ3v) is 3.73. The monoisotopic (exact) mass is 305 g/mol. The second kappa shape index (κ2) is 7.17. The summed E-state index contributed by atoms with van der Waals surface area (Å²) >= 11 is 0. The highest BCUT2D eigenvalue weighted by atomic mass is 32.2. The molecule has 0 aliphatic carbocycles. The number of benzene rings is 1. The number of carbonyl (C=O) groups is 1. The fourth-order valence-corrected chi connectivity index (χ4v) is 2.27. The van der Waals surface area contributed by atoms with Gasteiger partial charge in [-0.05, 0) is 18.2 Å². The molecule has 9 heteroatoms. The summed E-state index contributed by atoms with van der Waals surface area (Å²) in [5.41, 5.74) is 5.10. The van der Waals surface area contributed by atoms with Crippen LogP contribution in [0.1, 0.15) is 0 Å². The van der Waals surface area contributed by atoms with E-state index < -0.39 is 28.3 Å². The number of nitrogens with one attached hydrogen (secondary N) is 2. The molecule has 0 unspecified atom stereocenters. The van der Waals surface area contributed by atoms with Crippen molar-refractivity contribution in [1.82, 2.24) is 10.0 Å². The molecule has 0 spiro atoms. The van der Waals surface area contributed by atoms with Gasteiger partial charge >= 0.3 is 0 Å². The van der Waals surface area contributed by atoms with E-state index in [4.69, 9.17) is 10.5 Å². The van der Waals surface area contributed by atoms with E-state index in [2.05, 4.69) is 10.0 Å². The van der Waals surface area contributed by atoms with Gasteiger partial charge < -0.3 is 15.8 Å². The molecule has 7 nitrogen and oxygen atoms in total. The number of hydrogen-bond donors (Lipinski definition) is 3. The van der Waals surface area contributed by atoms with Gasteiger partial charge in [0.2, 0.25) is 15.9 Å². The number of rotatable bonds is 7. The molecule has 20 heavy (non-hydrogen) atoms. The van der Waals surface area contributed by atoms with Crippen LogP contribution >= 0.6 is 0 Å². The molecule has 0 atom stereocenters. The number of methoxy groups -OCH3 is 1. The van der Waals surface area contributed by atoms with Gasteiger partial charge in [-0.1, -0.05) is 0 Å². The van der Waals surface area contributed by atoms with Crippen LogP contribution in [0.25, 0.3) is 0 Å². The van der Waals surface area contributed by atoms with Crippen molar-refractivity contribution < 1.29 is 22.3 Å². The molecule has 0 heterocycles. The van der Waals surface area contributed by atoms with Gasteiger partial charge in [-0.3, -0.25) is 4.79 Å². The van der Waals surface area contributed by atoms with Crippen LogP contribution < -0.4 is 15.8 Å². The summed E-state index contributed by atoms with van der Waals surface area (Å²) in [5.74, 6) is -1.35. The molecule has 0 aromatic heterocycles. The molecule has 112 valence electrons. The van der Waals surface area contributed by atoms with Gasteiger partial charge in [-0.15, -0.1) is 0 Å². The lowest BCUT2D eigenvalue weighted by Crippen LogP contribution is -2.38. The summed E-state index contributed by atoms with van der Waals surface area (Å²) in [7, 11) is -2.49. The Morgan fingerprint density at radius 1 is 1.45 bits per heavy atom. The van der Waals surface area contributed by atoms with Gasteiger partial charge in [0.1, 0.15) is 5.82 Å². The third-order valence-electron chi connectivity index (χ3n) is 2.33. The summed E-state index contributed by atoms with van der Waals surface area (Å²) in [4.78, 5) is 11.0. The van der Waals surface area contributed by atoms with Crippen LogP contribution in [0.15, 0.2) is 23.1 Å². The van der Waals surface area contributed by atoms with Crippen molar-refractivity contribution in [3.05, 3.63) is 24.0 Å². The Kier molecular flexibility index (Phi) is 5.86. The van der Waals surface area contributed by atoms with Crippen LogP contribution in [0.4, 0.5) is 10.1 Å². The van der Waals surface area contributed by atoms with Crippen LogP contribution in [-0.4, -0.2) is 41.1 Å². The van der Waals surface area contributed by atoms with Gasteiger partial charge in [-0.25, -0.2) is 17.5 Å². The zero-order chi connectivity index (χ0) is 15.2. The molecule has 0 radical (unpaired) electrons. The number of nitrogens with two attached hydrogens (primary N) is 1. The molecule has 0 aliphatic heterocycles. The SMILES string of the molecule is COCCNC(=O)CNS(=O)(=O)c1ccc(N)c(F)c1. The topological polar surface area (TPSA) is 111 Å². The predicted octanol–water partition coefficient (Wildman–Crippen LogP) is -0.551. The third kappa shape index (κ3) is 4.76. The lowest BCUT2D eigenvalue weighted by molar-refractivity contribution is -0.120. The highest BCUT2D eigenvalue weighted by Crippen LogP contribution is 2.15. The Hall–Kier alpha value is -1.71. The van der Waals surface area contributed by atoms with E-state index in [9.17, 15) is 17.6 Å². The van der Waals surface area contributed by atoms with Crippen molar-refractivity contribution >= 4 is 21.6 Å². The molecule has 0 fully saturated rings.